The molecule has 0 aromatic heterocycles. The average molecular weight is 314 g/mol. The van der Waals surface area contributed by atoms with E-state index in [1.807, 2.05) is 18.2 Å². The summed E-state index contributed by atoms with van der Waals surface area (Å²) in [5.41, 5.74) is 1.09. The summed E-state index contributed by atoms with van der Waals surface area (Å²) in [6.45, 7) is 0. The van der Waals surface area contributed by atoms with E-state index in [9.17, 15) is 0 Å². The molecular formula is C17H25Cl2N. The highest BCUT2D eigenvalue weighted by molar-refractivity contribution is 6.36. The molecule has 0 aliphatic heterocycles. The number of likely N-dealkylation sites (N-methyl/N-ethyl adjacent to an activating group) is 1. The van der Waals surface area contributed by atoms with Crippen molar-refractivity contribution in [2.24, 2.45) is 5.92 Å². The highest BCUT2D eigenvalue weighted by atomic mass is 35.5. The number of nitrogens with one attached hydrogen (secondary N) is 1. The van der Waals surface area contributed by atoms with E-state index < -0.39 is 0 Å². The smallest absolute Gasteiger partial charge is 0.0453 e. The molecule has 0 amide bonds. The SMILES string of the molecule is CNC(Cc1c(Cl)cccc1Cl)C1CCCCCCC1. The molecule has 0 spiro atoms. The first-order chi connectivity index (χ1) is 9.72. The van der Waals surface area contributed by atoms with E-state index in [1.54, 1.807) is 0 Å². The van der Waals surface area contributed by atoms with Crippen LogP contribution in [0.3, 0.4) is 0 Å². The number of hydrogen-bond donors (Lipinski definition) is 1. The van der Waals surface area contributed by atoms with Crippen molar-refractivity contribution in [1.82, 2.24) is 5.32 Å². The van der Waals surface area contributed by atoms with Crippen LogP contribution in [0.25, 0.3) is 0 Å². The van der Waals surface area contributed by atoms with Crippen LogP contribution < -0.4 is 5.32 Å². The molecule has 2 rings (SSSR count). The molecule has 1 unspecified atom stereocenters. The fourth-order valence-corrected chi connectivity index (χ4v) is 3.89. The lowest BCUT2D eigenvalue weighted by Crippen LogP contribution is -2.36. The van der Waals surface area contributed by atoms with E-state index >= 15 is 0 Å². The minimum absolute atomic E-state index is 0.477. The van der Waals surface area contributed by atoms with Crippen LogP contribution in [0, 0.1) is 5.92 Å². The quantitative estimate of drug-likeness (QED) is 0.775. The molecule has 1 nitrogen and oxygen atoms in total. The lowest BCUT2D eigenvalue weighted by molar-refractivity contribution is 0.294. The molecule has 1 aliphatic carbocycles. The predicted octanol–water partition coefficient (Wildman–Crippen LogP) is 5.48. The van der Waals surface area contributed by atoms with Crippen LogP contribution in [-0.2, 0) is 6.42 Å². The van der Waals surface area contributed by atoms with E-state index in [1.165, 1.54) is 44.9 Å². The highest BCUT2D eigenvalue weighted by Crippen LogP contribution is 2.30. The predicted molar refractivity (Wildman–Crippen MR) is 88.8 cm³/mol. The van der Waals surface area contributed by atoms with Gasteiger partial charge in [0, 0.05) is 16.1 Å². The molecule has 1 aromatic carbocycles. The van der Waals surface area contributed by atoms with E-state index in [2.05, 4.69) is 12.4 Å². The van der Waals surface area contributed by atoms with Crippen molar-refractivity contribution in [2.75, 3.05) is 7.05 Å². The minimum atomic E-state index is 0.477. The molecule has 0 heterocycles. The number of hydrogen-bond acceptors (Lipinski definition) is 1. The van der Waals surface area contributed by atoms with Crippen LogP contribution in [0.2, 0.25) is 10.0 Å². The topological polar surface area (TPSA) is 12.0 Å². The second kappa shape index (κ2) is 8.26. The highest BCUT2D eigenvalue weighted by Gasteiger charge is 2.22. The Morgan fingerprint density at radius 1 is 1.05 bits per heavy atom. The van der Waals surface area contributed by atoms with Crippen LogP contribution in [0.15, 0.2) is 18.2 Å². The number of rotatable bonds is 4. The van der Waals surface area contributed by atoms with Crippen LogP contribution in [0.5, 0.6) is 0 Å². The van der Waals surface area contributed by atoms with Crippen LogP contribution in [0.4, 0.5) is 0 Å². The maximum atomic E-state index is 6.32. The van der Waals surface area contributed by atoms with Gasteiger partial charge in [0.1, 0.15) is 0 Å². The standard InChI is InChI=1S/C17H25Cl2N/c1-20-17(13-8-5-3-2-4-6-9-13)12-14-15(18)10-7-11-16(14)19/h7,10-11,13,17,20H,2-6,8-9,12H2,1H3. The van der Waals surface area contributed by atoms with Gasteiger partial charge in [-0.15, -0.1) is 0 Å². The van der Waals surface area contributed by atoms with Crippen LogP contribution in [0.1, 0.15) is 50.5 Å². The Balaban J connectivity index is 2.07. The molecule has 0 saturated heterocycles. The molecule has 1 atom stereocenters. The van der Waals surface area contributed by atoms with Crippen molar-refractivity contribution in [2.45, 2.75) is 57.4 Å². The van der Waals surface area contributed by atoms with Gasteiger partial charge in [-0.2, -0.15) is 0 Å². The van der Waals surface area contributed by atoms with Crippen molar-refractivity contribution >= 4 is 23.2 Å². The van der Waals surface area contributed by atoms with Gasteiger partial charge in [-0.05, 0) is 49.9 Å². The maximum Gasteiger partial charge on any atom is 0.0453 e. The summed E-state index contributed by atoms with van der Waals surface area (Å²) in [7, 11) is 2.06. The third-order valence-corrected chi connectivity index (χ3v) is 5.28. The first kappa shape index (κ1) is 16.1. The summed E-state index contributed by atoms with van der Waals surface area (Å²) in [4.78, 5) is 0. The van der Waals surface area contributed by atoms with Gasteiger partial charge in [-0.1, -0.05) is 61.4 Å². The molecule has 1 aromatic rings. The monoisotopic (exact) mass is 313 g/mol. The Bertz CT molecular complexity index is 391. The Labute approximate surface area is 133 Å². The lowest BCUT2D eigenvalue weighted by atomic mass is 9.83. The molecule has 112 valence electrons. The molecule has 1 aliphatic rings. The zero-order valence-corrected chi connectivity index (χ0v) is 13.8. The van der Waals surface area contributed by atoms with E-state index in [-0.39, 0.29) is 0 Å². The molecule has 1 N–H and O–H groups in total. The van der Waals surface area contributed by atoms with Gasteiger partial charge in [0.2, 0.25) is 0 Å². The number of benzene rings is 1. The largest absolute Gasteiger partial charge is 0.316 e. The Morgan fingerprint density at radius 2 is 1.60 bits per heavy atom. The van der Waals surface area contributed by atoms with Crippen molar-refractivity contribution in [1.29, 1.82) is 0 Å². The Morgan fingerprint density at radius 3 is 2.15 bits per heavy atom. The molecule has 3 heteroatoms. The van der Waals surface area contributed by atoms with E-state index in [0.717, 1.165) is 27.9 Å². The Kier molecular flexibility index (Phi) is 6.67. The molecule has 0 radical (unpaired) electrons. The molecule has 20 heavy (non-hydrogen) atoms. The van der Waals surface area contributed by atoms with E-state index in [0.29, 0.717) is 6.04 Å². The Hall–Kier alpha value is -0.240. The number of halogens is 2. The van der Waals surface area contributed by atoms with Crippen molar-refractivity contribution < 1.29 is 0 Å². The first-order valence-corrected chi connectivity index (χ1v) is 8.58. The summed E-state index contributed by atoms with van der Waals surface area (Å²) in [6.07, 6.45) is 10.5. The molecular weight excluding hydrogens is 289 g/mol. The summed E-state index contributed by atoms with van der Waals surface area (Å²) in [5, 5.41) is 5.10. The van der Waals surface area contributed by atoms with Crippen molar-refractivity contribution in [3.05, 3.63) is 33.8 Å². The van der Waals surface area contributed by atoms with Crippen LogP contribution in [-0.4, -0.2) is 13.1 Å². The summed E-state index contributed by atoms with van der Waals surface area (Å²) < 4.78 is 0. The van der Waals surface area contributed by atoms with Crippen LogP contribution >= 0.6 is 23.2 Å². The first-order valence-electron chi connectivity index (χ1n) is 7.82. The van der Waals surface area contributed by atoms with Gasteiger partial charge >= 0.3 is 0 Å². The van der Waals surface area contributed by atoms with Gasteiger partial charge in [0.05, 0.1) is 0 Å². The zero-order chi connectivity index (χ0) is 14.4. The van der Waals surface area contributed by atoms with Gasteiger partial charge in [-0.25, -0.2) is 0 Å². The third kappa shape index (κ3) is 4.38. The fraction of sp³-hybridized carbons (Fsp3) is 0.647. The minimum Gasteiger partial charge on any atom is -0.316 e. The van der Waals surface area contributed by atoms with Crippen molar-refractivity contribution in [3.63, 3.8) is 0 Å². The summed E-state index contributed by atoms with van der Waals surface area (Å²) in [5.74, 6) is 0.743. The third-order valence-electron chi connectivity index (χ3n) is 4.58. The lowest BCUT2D eigenvalue weighted by Gasteiger charge is -2.29. The molecule has 1 fully saturated rings. The van der Waals surface area contributed by atoms with E-state index in [4.69, 9.17) is 23.2 Å². The molecule has 1 saturated carbocycles. The van der Waals surface area contributed by atoms with Gasteiger partial charge in [-0.3, -0.25) is 0 Å². The second-order valence-corrected chi connectivity index (χ2v) is 6.72. The van der Waals surface area contributed by atoms with Gasteiger partial charge in [0.15, 0.2) is 0 Å². The van der Waals surface area contributed by atoms with Gasteiger partial charge < -0.3 is 5.32 Å². The average Bonchev–Trinajstić information content (AvgIpc) is 2.39. The molecule has 0 bridgehead atoms. The maximum absolute atomic E-state index is 6.32. The van der Waals surface area contributed by atoms with Gasteiger partial charge in [0.25, 0.3) is 0 Å². The van der Waals surface area contributed by atoms with Crippen molar-refractivity contribution in [3.8, 4) is 0 Å². The summed E-state index contributed by atoms with van der Waals surface area (Å²) >= 11 is 12.6. The second-order valence-electron chi connectivity index (χ2n) is 5.90. The fourth-order valence-electron chi connectivity index (χ4n) is 3.34. The normalized spacial score (nSPS) is 19.4. The summed E-state index contributed by atoms with van der Waals surface area (Å²) in [6, 6.07) is 6.27. The zero-order valence-electron chi connectivity index (χ0n) is 12.3.